The van der Waals surface area contributed by atoms with Gasteiger partial charge >= 0.3 is 0 Å². The summed E-state index contributed by atoms with van der Waals surface area (Å²) in [5.74, 6) is 0.910. The van der Waals surface area contributed by atoms with Crippen molar-refractivity contribution in [3.8, 4) is 5.75 Å². The van der Waals surface area contributed by atoms with Crippen LogP contribution in [0.4, 0.5) is 0 Å². The second-order valence-electron chi connectivity index (χ2n) is 5.72. The van der Waals surface area contributed by atoms with E-state index in [1.54, 1.807) is 12.4 Å². The minimum Gasteiger partial charge on any atom is -0.493 e. The van der Waals surface area contributed by atoms with Crippen molar-refractivity contribution in [2.24, 2.45) is 5.92 Å². The molecular formula is C17H20ClN3O2. The van der Waals surface area contributed by atoms with E-state index in [1.807, 2.05) is 18.2 Å². The summed E-state index contributed by atoms with van der Waals surface area (Å²) in [6, 6.07) is 7.31. The molecule has 1 aromatic carbocycles. The van der Waals surface area contributed by atoms with Crippen LogP contribution in [0.1, 0.15) is 24.2 Å². The number of hydrogen-bond acceptors (Lipinski definition) is 3. The summed E-state index contributed by atoms with van der Waals surface area (Å²) >= 11 is 5.90. The smallest absolute Gasteiger partial charge is 0.223 e. The van der Waals surface area contributed by atoms with Gasteiger partial charge in [0.1, 0.15) is 5.75 Å². The Morgan fingerprint density at radius 2 is 2.39 bits per heavy atom. The highest BCUT2D eigenvalue weighted by Gasteiger charge is 2.25. The Balaban J connectivity index is 1.35. The van der Waals surface area contributed by atoms with E-state index in [2.05, 4.69) is 15.3 Å². The lowest BCUT2D eigenvalue weighted by Gasteiger charge is -2.20. The summed E-state index contributed by atoms with van der Waals surface area (Å²) in [7, 11) is 0. The van der Waals surface area contributed by atoms with Crippen LogP contribution in [0.5, 0.6) is 5.75 Å². The maximum Gasteiger partial charge on any atom is 0.223 e. The first-order chi connectivity index (χ1) is 11.2. The minimum atomic E-state index is 0.0387. The van der Waals surface area contributed by atoms with Crippen LogP contribution in [0.15, 0.2) is 30.6 Å². The number of rotatable bonds is 6. The molecule has 1 atom stereocenters. The van der Waals surface area contributed by atoms with E-state index in [-0.39, 0.29) is 11.8 Å². The number of aryl methyl sites for hydroxylation is 1. The molecule has 0 saturated heterocycles. The zero-order valence-corrected chi connectivity index (χ0v) is 13.6. The molecule has 1 aliphatic rings. The first-order valence-electron chi connectivity index (χ1n) is 7.89. The van der Waals surface area contributed by atoms with Crippen molar-refractivity contribution in [3.05, 3.63) is 47.0 Å². The van der Waals surface area contributed by atoms with Crippen LogP contribution in [0.25, 0.3) is 0 Å². The molecule has 0 bridgehead atoms. The topological polar surface area (TPSA) is 67.0 Å². The third kappa shape index (κ3) is 4.26. The summed E-state index contributed by atoms with van der Waals surface area (Å²) in [4.78, 5) is 19.6. The van der Waals surface area contributed by atoms with E-state index in [1.165, 1.54) is 0 Å². The zero-order chi connectivity index (χ0) is 16.1. The number of fused-ring (bicyclic) bond motifs is 1. The van der Waals surface area contributed by atoms with Crippen LogP contribution in [0.2, 0.25) is 5.02 Å². The van der Waals surface area contributed by atoms with Crippen LogP contribution in [0.3, 0.4) is 0 Å². The molecule has 6 heteroatoms. The van der Waals surface area contributed by atoms with Crippen molar-refractivity contribution in [2.45, 2.75) is 25.7 Å². The lowest BCUT2D eigenvalue weighted by molar-refractivity contribution is -0.125. The van der Waals surface area contributed by atoms with Gasteiger partial charge in [0.2, 0.25) is 5.91 Å². The van der Waals surface area contributed by atoms with E-state index < -0.39 is 0 Å². The Morgan fingerprint density at radius 1 is 1.48 bits per heavy atom. The Kier molecular flexibility index (Phi) is 5.18. The highest BCUT2D eigenvalue weighted by Crippen LogP contribution is 2.22. The predicted molar refractivity (Wildman–Crippen MR) is 88.7 cm³/mol. The third-order valence-corrected chi connectivity index (χ3v) is 4.28. The molecule has 0 radical (unpaired) electrons. The molecule has 0 spiro atoms. The second kappa shape index (κ2) is 7.51. The van der Waals surface area contributed by atoms with Crippen LogP contribution >= 0.6 is 11.6 Å². The standard InChI is InChI=1S/C17H20ClN3O2/c18-13-3-1-4-14(10-13)23-8-2-7-19-17(22)12-5-6-15-16(9-12)21-11-20-15/h1,3-4,10-12H,2,5-9H2,(H,19,22)(H,20,21). The van der Waals surface area contributed by atoms with Crippen molar-refractivity contribution < 1.29 is 9.53 Å². The lowest BCUT2D eigenvalue weighted by atomic mass is 9.89. The minimum absolute atomic E-state index is 0.0387. The summed E-state index contributed by atoms with van der Waals surface area (Å²) in [6.07, 6.45) is 4.95. The van der Waals surface area contributed by atoms with Crippen LogP contribution in [-0.4, -0.2) is 29.0 Å². The lowest BCUT2D eigenvalue weighted by Crippen LogP contribution is -2.35. The summed E-state index contributed by atoms with van der Waals surface area (Å²) in [5, 5.41) is 3.65. The van der Waals surface area contributed by atoms with E-state index in [0.717, 1.165) is 42.8 Å². The summed E-state index contributed by atoms with van der Waals surface area (Å²) < 4.78 is 5.60. The Hall–Kier alpha value is -2.01. The molecule has 3 rings (SSSR count). The molecule has 0 aliphatic heterocycles. The molecule has 1 aliphatic carbocycles. The van der Waals surface area contributed by atoms with E-state index in [0.29, 0.717) is 18.2 Å². The highest BCUT2D eigenvalue weighted by atomic mass is 35.5. The van der Waals surface area contributed by atoms with Gasteiger partial charge in [-0.2, -0.15) is 0 Å². The first-order valence-corrected chi connectivity index (χ1v) is 8.27. The summed E-state index contributed by atoms with van der Waals surface area (Å²) in [6.45, 7) is 1.17. The number of nitrogens with zero attached hydrogens (tertiary/aromatic N) is 1. The highest BCUT2D eigenvalue weighted by molar-refractivity contribution is 6.30. The van der Waals surface area contributed by atoms with Crippen molar-refractivity contribution in [1.29, 1.82) is 0 Å². The fourth-order valence-electron chi connectivity index (χ4n) is 2.80. The molecule has 2 aromatic rings. The van der Waals surface area contributed by atoms with Crippen LogP contribution in [0, 0.1) is 5.92 Å². The first kappa shape index (κ1) is 15.9. The molecule has 1 aromatic heterocycles. The van der Waals surface area contributed by atoms with Gasteiger partial charge in [0.05, 0.1) is 18.6 Å². The van der Waals surface area contributed by atoms with E-state index in [9.17, 15) is 4.79 Å². The largest absolute Gasteiger partial charge is 0.493 e. The normalized spacial score (nSPS) is 16.7. The molecule has 2 N–H and O–H groups in total. The molecule has 1 unspecified atom stereocenters. The van der Waals surface area contributed by atoms with Crippen molar-refractivity contribution in [2.75, 3.05) is 13.2 Å². The van der Waals surface area contributed by atoms with Gasteiger partial charge in [0.15, 0.2) is 0 Å². The van der Waals surface area contributed by atoms with Gasteiger partial charge in [0, 0.05) is 29.6 Å². The monoisotopic (exact) mass is 333 g/mol. The average molecular weight is 334 g/mol. The maximum absolute atomic E-state index is 12.2. The number of benzene rings is 1. The SMILES string of the molecule is O=C(NCCCOc1cccc(Cl)c1)C1CCc2nc[nH]c2C1. The van der Waals surface area contributed by atoms with Gasteiger partial charge in [-0.1, -0.05) is 17.7 Å². The van der Waals surface area contributed by atoms with Crippen molar-refractivity contribution in [1.82, 2.24) is 15.3 Å². The van der Waals surface area contributed by atoms with E-state index in [4.69, 9.17) is 16.3 Å². The molecule has 0 fully saturated rings. The van der Waals surface area contributed by atoms with Crippen LogP contribution in [-0.2, 0) is 17.6 Å². The van der Waals surface area contributed by atoms with Gasteiger partial charge in [-0.3, -0.25) is 4.79 Å². The number of imidazole rings is 1. The number of ether oxygens (including phenoxy) is 1. The number of carbonyl (C=O) groups excluding carboxylic acids is 1. The number of amides is 1. The molecule has 1 amide bonds. The average Bonchev–Trinajstić information content (AvgIpc) is 3.02. The number of halogens is 1. The molecule has 5 nitrogen and oxygen atoms in total. The third-order valence-electron chi connectivity index (χ3n) is 4.04. The van der Waals surface area contributed by atoms with Gasteiger partial charge in [-0.25, -0.2) is 4.98 Å². The predicted octanol–water partition coefficient (Wildman–Crippen LogP) is 2.75. The van der Waals surface area contributed by atoms with Crippen molar-refractivity contribution >= 4 is 17.5 Å². The van der Waals surface area contributed by atoms with E-state index >= 15 is 0 Å². The zero-order valence-electron chi connectivity index (χ0n) is 12.8. The fourth-order valence-corrected chi connectivity index (χ4v) is 2.98. The molecule has 122 valence electrons. The molecule has 0 saturated carbocycles. The Morgan fingerprint density at radius 3 is 3.26 bits per heavy atom. The second-order valence-corrected chi connectivity index (χ2v) is 6.15. The molecular weight excluding hydrogens is 314 g/mol. The number of aromatic amines is 1. The van der Waals surface area contributed by atoms with Gasteiger partial charge in [-0.05, 0) is 37.5 Å². The van der Waals surface area contributed by atoms with Gasteiger partial charge in [-0.15, -0.1) is 0 Å². The number of nitrogens with one attached hydrogen (secondary N) is 2. The fraction of sp³-hybridized carbons (Fsp3) is 0.412. The summed E-state index contributed by atoms with van der Waals surface area (Å²) in [5.41, 5.74) is 2.20. The van der Waals surface area contributed by atoms with Crippen molar-refractivity contribution in [3.63, 3.8) is 0 Å². The Labute approximate surface area is 140 Å². The van der Waals surface area contributed by atoms with Gasteiger partial charge < -0.3 is 15.0 Å². The number of aromatic nitrogens is 2. The number of H-pyrrole nitrogens is 1. The number of hydrogen-bond donors (Lipinski definition) is 2. The van der Waals surface area contributed by atoms with Crippen LogP contribution < -0.4 is 10.1 Å². The molecule has 1 heterocycles. The van der Waals surface area contributed by atoms with Gasteiger partial charge in [0.25, 0.3) is 0 Å². The maximum atomic E-state index is 12.2. The number of carbonyl (C=O) groups is 1. The molecule has 23 heavy (non-hydrogen) atoms. The Bertz CT molecular complexity index is 671. The quantitative estimate of drug-likeness (QED) is 0.799.